The number of thioether (sulfide) groups is 1. The molecule has 0 radical (unpaired) electrons. The monoisotopic (exact) mass is 248 g/mol. The first-order valence-electron chi connectivity index (χ1n) is 6.11. The van der Waals surface area contributed by atoms with Crippen LogP contribution in [0.4, 0.5) is 0 Å². The van der Waals surface area contributed by atoms with Crippen molar-refractivity contribution in [1.82, 2.24) is 5.32 Å². The zero-order valence-electron chi connectivity index (χ0n) is 10.6. The van der Waals surface area contributed by atoms with Crippen LogP contribution in [0.1, 0.15) is 19.4 Å². The van der Waals surface area contributed by atoms with Crippen LogP contribution in [0.2, 0.25) is 0 Å². The van der Waals surface area contributed by atoms with E-state index in [1.165, 1.54) is 5.56 Å². The second-order valence-electron chi connectivity index (χ2n) is 5.24. The van der Waals surface area contributed by atoms with Crippen LogP contribution >= 0.6 is 11.8 Å². The van der Waals surface area contributed by atoms with Gasteiger partial charge in [-0.25, -0.2) is 0 Å². The Morgan fingerprint density at radius 3 is 2.71 bits per heavy atom. The van der Waals surface area contributed by atoms with Gasteiger partial charge in [-0.2, -0.15) is 0 Å². The van der Waals surface area contributed by atoms with Crippen LogP contribution in [-0.2, 0) is 6.42 Å². The molecular weight excluding hydrogens is 228 g/mol. The molecule has 0 atom stereocenters. The first kappa shape index (κ1) is 12.5. The van der Waals surface area contributed by atoms with Gasteiger partial charge in [-0.15, -0.1) is 0 Å². The molecule has 3 heteroatoms. The quantitative estimate of drug-likeness (QED) is 0.889. The van der Waals surface area contributed by atoms with Crippen LogP contribution < -0.4 is 5.32 Å². The Labute approximate surface area is 108 Å². The second kappa shape index (κ2) is 5.58. The summed E-state index contributed by atoms with van der Waals surface area (Å²) in [6.45, 7) is 6.44. The standard InChI is InChI=1S/C14H20N2S/c1-14(2)10-16-13(17-11-14)15-9-8-12-6-4-3-5-7-12/h3-7H,8-11H2,1-2H3,(H,15,16). The van der Waals surface area contributed by atoms with Crippen molar-refractivity contribution in [1.29, 1.82) is 0 Å². The van der Waals surface area contributed by atoms with Crippen molar-refractivity contribution < 1.29 is 0 Å². The van der Waals surface area contributed by atoms with Crippen molar-refractivity contribution in [3.05, 3.63) is 35.9 Å². The van der Waals surface area contributed by atoms with Gasteiger partial charge in [0.2, 0.25) is 0 Å². The maximum Gasteiger partial charge on any atom is 0.156 e. The Hall–Kier alpha value is -0.960. The molecule has 1 aromatic rings. The Morgan fingerprint density at radius 1 is 1.29 bits per heavy atom. The van der Waals surface area contributed by atoms with Gasteiger partial charge in [0.1, 0.15) is 0 Å². The minimum absolute atomic E-state index is 0.356. The maximum atomic E-state index is 4.58. The van der Waals surface area contributed by atoms with Crippen molar-refractivity contribution in [3.8, 4) is 0 Å². The smallest absolute Gasteiger partial charge is 0.156 e. The molecule has 17 heavy (non-hydrogen) atoms. The molecule has 1 aliphatic rings. The predicted octanol–water partition coefficient (Wildman–Crippen LogP) is 2.95. The molecule has 0 unspecified atom stereocenters. The van der Waals surface area contributed by atoms with E-state index in [1.54, 1.807) is 0 Å². The summed E-state index contributed by atoms with van der Waals surface area (Å²) >= 11 is 1.84. The summed E-state index contributed by atoms with van der Waals surface area (Å²) < 4.78 is 0. The van der Waals surface area contributed by atoms with E-state index < -0.39 is 0 Å². The molecule has 2 rings (SSSR count). The van der Waals surface area contributed by atoms with Crippen molar-refractivity contribution in [2.75, 3.05) is 18.8 Å². The van der Waals surface area contributed by atoms with E-state index in [4.69, 9.17) is 0 Å². The van der Waals surface area contributed by atoms with Gasteiger partial charge < -0.3 is 5.32 Å². The molecular formula is C14H20N2S. The van der Waals surface area contributed by atoms with E-state index in [9.17, 15) is 0 Å². The van der Waals surface area contributed by atoms with Crippen LogP contribution in [0.3, 0.4) is 0 Å². The van der Waals surface area contributed by atoms with Gasteiger partial charge in [-0.3, -0.25) is 4.99 Å². The lowest BCUT2D eigenvalue weighted by Crippen LogP contribution is -2.32. The third-order valence-electron chi connectivity index (χ3n) is 2.78. The van der Waals surface area contributed by atoms with Gasteiger partial charge in [0.15, 0.2) is 5.17 Å². The van der Waals surface area contributed by atoms with Crippen LogP contribution in [0.25, 0.3) is 0 Å². The van der Waals surface area contributed by atoms with Crippen molar-refractivity contribution in [2.45, 2.75) is 20.3 Å². The number of hydrogen-bond donors (Lipinski definition) is 1. The molecule has 1 aliphatic heterocycles. The fraction of sp³-hybridized carbons (Fsp3) is 0.500. The molecule has 1 aromatic carbocycles. The highest BCUT2D eigenvalue weighted by Gasteiger charge is 2.22. The first-order chi connectivity index (χ1) is 8.16. The van der Waals surface area contributed by atoms with Gasteiger partial charge in [-0.05, 0) is 17.4 Å². The fourth-order valence-electron chi connectivity index (χ4n) is 1.71. The van der Waals surface area contributed by atoms with E-state index in [1.807, 2.05) is 11.8 Å². The highest BCUT2D eigenvalue weighted by Crippen LogP contribution is 2.26. The summed E-state index contributed by atoms with van der Waals surface area (Å²) in [5, 5.41) is 4.53. The molecule has 0 bridgehead atoms. The lowest BCUT2D eigenvalue weighted by Gasteiger charge is -2.27. The fourth-order valence-corrected chi connectivity index (χ4v) is 2.68. The molecule has 0 saturated heterocycles. The van der Waals surface area contributed by atoms with Gasteiger partial charge >= 0.3 is 0 Å². The van der Waals surface area contributed by atoms with Crippen molar-refractivity contribution in [3.63, 3.8) is 0 Å². The van der Waals surface area contributed by atoms with Gasteiger partial charge in [-0.1, -0.05) is 55.9 Å². The van der Waals surface area contributed by atoms with Crippen LogP contribution in [0.15, 0.2) is 35.3 Å². The summed E-state index contributed by atoms with van der Waals surface area (Å²) in [6, 6.07) is 10.6. The molecule has 0 aliphatic carbocycles. The van der Waals surface area contributed by atoms with Gasteiger partial charge in [0.25, 0.3) is 0 Å². The minimum Gasteiger partial charge on any atom is -0.365 e. The van der Waals surface area contributed by atoms with Gasteiger partial charge in [0, 0.05) is 18.8 Å². The highest BCUT2D eigenvalue weighted by molar-refractivity contribution is 8.13. The van der Waals surface area contributed by atoms with Crippen LogP contribution in [0.5, 0.6) is 0 Å². The summed E-state index contributed by atoms with van der Waals surface area (Å²) in [7, 11) is 0. The molecule has 0 fully saturated rings. The minimum atomic E-state index is 0.356. The third-order valence-corrected chi connectivity index (χ3v) is 4.26. The number of rotatable bonds is 3. The summed E-state index contributed by atoms with van der Waals surface area (Å²) in [5.41, 5.74) is 1.73. The average molecular weight is 248 g/mol. The lowest BCUT2D eigenvalue weighted by atomic mass is 9.97. The summed E-state index contributed by atoms with van der Waals surface area (Å²) in [4.78, 5) is 4.58. The number of nitrogens with zero attached hydrogens (tertiary/aromatic N) is 1. The lowest BCUT2D eigenvalue weighted by molar-refractivity contribution is 0.437. The number of nitrogens with one attached hydrogen (secondary N) is 1. The van der Waals surface area contributed by atoms with Crippen molar-refractivity contribution in [2.24, 2.45) is 10.4 Å². The third kappa shape index (κ3) is 4.08. The van der Waals surface area contributed by atoms with Crippen LogP contribution in [0, 0.1) is 5.41 Å². The van der Waals surface area contributed by atoms with E-state index in [0.29, 0.717) is 5.41 Å². The molecule has 0 aromatic heterocycles. The van der Waals surface area contributed by atoms with E-state index in [-0.39, 0.29) is 0 Å². The molecule has 0 saturated carbocycles. The Bertz CT molecular complexity index is 384. The zero-order chi connectivity index (χ0) is 12.1. The molecule has 92 valence electrons. The van der Waals surface area contributed by atoms with Crippen molar-refractivity contribution >= 4 is 16.9 Å². The molecule has 0 amide bonds. The average Bonchev–Trinajstić information content (AvgIpc) is 2.33. The predicted molar refractivity (Wildman–Crippen MR) is 76.7 cm³/mol. The summed E-state index contributed by atoms with van der Waals surface area (Å²) in [6.07, 6.45) is 1.06. The normalized spacial score (nSPS) is 18.6. The zero-order valence-corrected chi connectivity index (χ0v) is 11.4. The number of benzene rings is 1. The molecule has 1 heterocycles. The number of aliphatic imine (C=N–C) groups is 1. The number of amidine groups is 1. The Morgan fingerprint density at radius 2 is 2.06 bits per heavy atom. The van der Waals surface area contributed by atoms with E-state index in [2.05, 4.69) is 54.5 Å². The highest BCUT2D eigenvalue weighted by atomic mass is 32.2. The topological polar surface area (TPSA) is 24.4 Å². The molecule has 1 N–H and O–H groups in total. The maximum absolute atomic E-state index is 4.58. The Kier molecular flexibility index (Phi) is 4.11. The second-order valence-corrected chi connectivity index (χ2v) is 6.20. The van der Waals surface area contributed by atoms with Gasteiger partial charge in [0.05, 0.1) is 0 Å². The SMILES string of the molecule is CC1(C)CN=C(NCCc2ccccc2)SC1. The van der Waals surface area contributed by atoms with E-state index in [0.717, 1.165) is 30.4 Å². The Balaban J connectivity index is 1.75. The van der Waals surface area contributed by atoms with Crippen LogP contribution in [-0.4, -0.2) is 24.0 Å². The molecule has 0 spiro atoms. The summed E-state index contributed by atoms with van der Waals surface area (Å²) in [5.74, 6) is 1.16. The first-order valence-corrected chi connectivity index (χ1v) is 7.09. The largest absolute Gasteiger partial charge is 0.365 e. The number of hydrogen-bond acceptors (Lipinski definition) is 3. The molecule has 2 nitrogen and oxygen atoms in total. The van der Waals surface area contributed by atoms with E-state index >= 15 is 0 Å².